The van der Waals surface area contributed by atoms with Gasteiger partial charge in [0.05, 0.1) is 0 Å². The van der Waals surface area contributed by atoms with Gasteiger partial charge < -0.3 is 5.73 Å². The summed E-state index contributed by atoms with van der Waals surface area (Å²) >= 11 is 0. The van der Waals surface area contributed by atoms with Crippen molar-refractivity contribution in [2.45, 2.75) is 19.4 Å². The molecule has 4 heteroatoms. The van der Waals surface area contributed by atoms with Crippen molar-refractivity contribution in [3.8, 4) is 0 Å². The molecule has 1 unspecified atom stereocenters. The van der Waals surface area contributed by atoms with Crippen LogP contribution in [-0.4, -0.2) is 0 Å². The van der Waals surface area contributed by atoms with Crippen molar-refractivity contribution in [3.05, 3.63) is 70.5 Å². The maximum absolute atomic E-state index is 13.6. The molecule has 0 heterocycles. The number of rotatable bonds is 3. The van der Waals surface area contributed by atoms with Crippen LogP contribution in [0.25, 0.3) is 0 Å². The first-order chi connectivity index (χ1) is 8.99. The molecule has 2 aromatic rings. The van der Waals surface area contributed by atoms with Crippen molar-refractivity contribution >= 4 is 0 Å². The molecule has 100 valence electrons. The highest BCUT2D eigenvalue weighted by molar-refractivity contribution is 5.30. The Hall–Kier alpha value is -1.81. The summed E-state index contributed by atoms with van der Waals surface area (Å²) in [7, 11) is 0. The molecular formula is C15H14F3N. The summed E-state index contributed by atoms with van der Waals surface area (Å²) in [5, 5.41) is 0. The van der Waals surface area contributed by atoms with E-state index in [-0.39, 0.29) is 5.56 Å². The molecule has 2 aromatic carbocycles. The third kappa shape index (κ3) is 2.96. The molecular weight excluding hydrogens is 251 g/mol. The molecule has 19 heavy (non-hydrogen) atoms. The number of halogens is 3. The molecule has 0 radical (unpaired) electrons. The SMILES string of the molecule is Cc1ccccc1CC(N)c1c(F)cc(F)cc1F. The number of benzene rings is 2. The minimum Gasteiger partial charge on any atom is -0.323 e. The summed E-state index contributed by atoms with van der Waals surface area (Å²) in [6, 6.07) is 7.93. The molecule has 0 spiro atoms. The van der Waals surface area contributed by atoms with E-state index in [1.54, 1.807) is 0 Å². The van der Waals surface area contributed by atoms with E-state index < -0.39 is 23.5 Å². The van der Waals surface area contributed by atoms with Crippen LogP contribution in [0.2, 0.25) is 0 Å². The average molecular weight is 265 g/mol. The number of hydrogen-bond donors (Lipinski definition) is 1. The zero-order valence-electron chi connectivity index (χ0n) is 10.5. The van der Waals surface area contributed by atoms with Crippen LogP contribution in [0.1, 0.15) is 22.7 Å². The fourth-order valence-corrected chi connectivity index (χ4v) is 2.09. The van der Waals surface area contributed by atoms with E-state index in [0.717, 1.165) is 11.1 Å². The van der Waals surface area contributed by atoms with E-state index in [1.165, 1.54) is 0 Å². The first-order valence-electron chi connectivity index (χ1n) is 5.93. The highest BCUT2D eigenvalue weighted by Crippen LogP contribution is 2.24. The lowest BCUT2D eigenvalue weighted by atomic mass is 9.96. The quantitative estimate of drug-likeness (QED) is 0.900. The molecule has 0 aliphatic carbocycles. The van der Waals surface area contributed by atoms with Gasteiger partial charge in [0.15, 0.2) is 0 Å². The lowest BCUT2D eigenvalue weighted by Gasteiger charge is -2.15. The minimum absolute atomic E-state index is 0.273. The zero-order chi connectivity index (χ0) is 14.0. The molecule has 2 rings (SSSR count). The van der Waals surface area contributed by atoms with Gasteiger partial charge in [-0.3, -0.25) is 0 Å². The van der Waals surface area contributed by atoms with Gasteiger partial charge in [-0.25, -0.2) is 13.2 Å². The van der Waals surface area contributed by atoms with Gasteiger partial charge in [0.25, 0.3) is 0 Å². The topological polar surface area (TPSA) is 26.0 Å². The second-order valence-corrected chi connectivity index (χ2v) is 4.52. The standard InChI is InChI=1S/C15H14F3N/c1-9-4-2-3-5-10(9)6-14(19)15-12(17)7-11(16)8-13(15)18/h2-5,7-8,14H,6,19H2,1H3. The number of nitrogens with two attached hydrogens (primary N) is 1. The Balaban J connectivity index is 2.31. The molecule has 0 aliphatic heterocycles. The van der Waals surface area contributed by atoms with E-state index in [0.29, 0.717) is 18.6 Å². The van der Waals surface area contributed by atoms with Crippen molar-refractivity contribution in [1.29, 1.82) is 0 Å². The third-order valence-corrected chi connectivity index (χ3v) is 3.12. The molecule has 2 N–H and O–H groups in total. The van der Waals surface area contributed by atoms with E-state index in [2.05, 4.69) is 0 Å². The van der Waals surface area contributed by atoms with Crippen LogP contribution in [-0.2, 0) is 6.42 Å². The Kier molecular flexibility index (Phi) is 3.90. The maximum Gasteiger partial charge on any atom is 0.133 e. The Labute approximate surface area is 109 Å². The van der Waals surface area contributed by atoms with Crippen LogP contribution in [0.4, 0.5) is 13.2 Å². The second kappa shape index (κ2) is 5.45. The van der Waals surface area contributed by atoms with E-state index in [4.69, 9.17) is 5.73 Å². The van der Waals surface area contributed by atoms with Gasteiger partial charge in [0, 0.05) is 23.7 Å². The molecule has 0 saturated heterocycles. The highest BCUT2D eigenvalue weighted by Gasteiger charge is 2.19. The summed E-state index contributed by atoms with van der Waals surface area (Å²) in [5.41, 5.74) is 7.49. The average Bonchev–Trinajstić information content (AvgIpc) is 2.30. The fraction of sp³-hybridized carbons (Fsp3) is 0.200. The van der Waals surface area contributed by atoms with Crippen molar-refractivity contribution < 1.29 is 13.2 Å². The fourth-order valence-electron chi connectivity index (χ4n) is 2.09. The smallest absolute Gasteiger partial charge is 0.133 e. The molecule has 1 atom stereocenters. The Morgan fingerprint density at radius 2 is 1.63 bits per heavy atom. The van der Waals surface area contributed by atoms with Gasteiger partial charge in [-0.05, 0) is 24.5 Å². The van der Waals surface area contributed by atoms with Crippen molar-refractivity contribution in [3.63, 3.8) is 0 Å². The highest BCUT2D eigenvalue weighted by atomic mass is 19.1. The molecule has 0 fully saturated rings. The summed E-state index contributed by atoms with van der Waals surface area (Å²) < 4.78 is 40.1. The zero-order valence-corrected chi connectivity index (χ0v) is 10.5. The van der Waals surface area contributed by atoms with Gasteiger partial charge in [-0.1, -0.05) is 24.3 Å². The van der Waals surface area contributed by atoms with Crippen LogP contribution in [0.15, 0.2) is 36.4 Å². The van der Waals surface area contributed by atoms with Crippen LogP contribution in [0.5, 0.6) is 0 Å². The molecule has 1 nitrogen and oxygen atoms in total. The van der Waals surface area contributed by atoms with Crippen LogP contribution in [0.3, 0.4) is 0 Å². The lowest BCUT2D eigenvalue weighted by molar-refractivity contribution is 0.501. The molecule has 0 saturated carbocycles. The predicted octanol–water partition coefficient (Wildman–Crippen LogP) is 3.65. The monoisotopic (exact) mass is 265 g/mol. The summed E-state index contributed by atoms with van der Waals surface area (Å²) in [6.45, 7) is 1.90. The molecule has 0 bridgehead atoms. The Bertz CT molecular complexity index is 573. The van der Waals surface area contributed by atoms with Gasteiger partial charge >= 0.3 is 0 Å². The molecule has 0 aromatic heterocycles. The number of aryl methyl sites for hydroxylation is 1. The van der Waals surface area contributed by atoms with E-state index in [9.17, 15) is 13.2 Å². The Morgan fingerprint density at radius 3 is 2.21 bits per heavy atom. The molecule has 0 aliphatic rings. The lowest BCUT2D eigenvalue weighted by Crippen LogP contribution is -2.17. The summed E-state index contributed by atoms with van der Waals surface area (Å²) in [4.78, 5) is 0. The normalized spacial score (nSPS) is 12.5. The first kappa shape index (κ1) is 13.6. The van der Waals surface area contributed by atoms with Crippen molar-refractivity contribution in [2.24, 2.45) is 5.73 Å². The first-order valence-corrected chi connectivity index (χ1v) is 5.93. The predicted molar refractivity (Wildman–Crippen MR) is 68.1 cm³/mol. The van der Waals surface area contributed by atoms with Crippen LogP contribution >= 0.6 is 0 Å². The van der Waals surface area contributed by atoms with Crippen molar-refractivity contribution in [2.75, 3.05) is 0 Å². The second-order valence-electron chi connectivity index (χ2n) is 4.52. The van der Waals surface area contributed by atoms with Crippen molar-refractivity contribution in [1.82, 2.24) is 0 Å². The number of hydrogen-bond acceptors (Lipinski definition) is 1. The van der Waals surface area contributed by atoms with Gasteiger partial charge in [0.1, 0.15) is 17.5 Å². The molecule has 0 amide bonds. The van der Waals surface area contributed by atoms with Crippen LogP contribution < -0.4 is 5.73 Å². The minimum atomic E-state index is -0.946. The third-order valence-electron chi connectivity index (χ3n) is 3.12. The largest absolute Gasteiger partial charge is 0.323 e. The summed E-state index contributed by atoms with van der Waals surface area (Å²) in [6.07, 6.45) is 0.298. The van der Waals surface area contributed by atoms with E-state index >= 15 is 0 Å². The maximum atomic E-state index is 13.6. The summed E-state index contributed by atoms with van der Waals surface area (Å²) in [5.74, 6) is -2.83. The van der Waals surface area contributed by atoms with E-state index in [1.807, 2.05) is 31.2 Å². The van der Waals surface area contributed by atoms with Crippen LogP contribution in [0, 0.1) is 24.4 Å². The van der Waals surface area contributed by atoms with Gasteiger partial charge in [-0.15, -0.1) is 0 Å². The Morgan fingerprint density at radius 1 is 1.05 bits per heavy atom. The van der Waals surface area contributed by atoms with Gasteiger partial charge in [-0.2, -0.15) is 0 Å². The van der Waals surface area contributed by atoms with Gasteiger partial charge in [0.2, 0.25) is 0 Å².